The van der Waals surface area contributed by atoms with Crippen molar-refractivity contribution < 1.29 is 4.74 Å². The Kier molecular flexibility index (Phi) is 3.06. The summed E-state index contributed by atoms with van der Waals surface area (Å²) in [6, 6.07) is 0. The molecule has 13 heavy (non-hydrogen) atoms. The molecule has 0 N–H and O–H groups in total. The van der Waals surface area contributed by atoms with E-state index in [1.165, 1.54) is 19.3 Å². The quantitative estimate of drug-likeness (QED) is 0.648. The average Bonchev–Trinajstić information content (AvgIpc) is 2.62. The van der Waals surface area contributed by atoms with Crippen molar-refractivity contribution in [1.82, 2.24) is 0 Å². The van der Waals surface area contributed by atoms with Gasteiger partial charge in [-0.25, -0.2) is 0 Å². The summed E-state index contributed by atoms with van der Waals surface area (Å²) in [5.74, 6) is 0.969. The lowest BCUT2D eigenvalue weighted by Gasteiger charge is -2.27. The summed E-state index contributed by atoms with van der Waals surface area (Å²) in [6.45, 7) is 12.0. The van der Waals surface area contributed by atoms with Crippen LogP contribution in [0.5, 0.6) is 0 Å². The molecule has 1 saturated carbocycles. The van der Waals surface area contributed by atoms with Gasteiger partial charge in [-0.3, -0.25) is 0 Å². The van der Waals surface area contributed by atoms with Gasteiger partial charge in [0.15, 0.2) is 0 Å². The fraction of sp³-hybridized carbons (Fsp3) is 1.00. The standard InChI is InChI=1S/C12H24O/c1-11(2,3)13-9-8-12(4,5)10-6-7-10/h10H,6-9H2,1-5H3. The van der Waals surface area contributed by atoms with Gasteiger partial charge < -0.3 is 4.74 Å². The van der Waals surface area contributed by atoms with Crippen LogP contribution in [-0.4, -0.2) is 12.2 Å². The van der Waals surface area contributed by atoms with E-state index >= 15 is 0 Å². The summed E-state index contributed by atoms with van der Waals surface area (Å²) in [5, 5.41) is 0. The molecule has 0 atom stereocenters. The van der Waals surface area contributed by atoms with Crippen molar-refractivity contribution >= 4 is 0 Å². The smallest absolute Gasteiger partial charge is 0.0598 e. The van der Waals surface area contributed by atoms with E-state index in [1.54, 1.807) is 0 Å². The lowest BCUT2D eigenvalue weighted by Crippen LogP contribution is -2.24. The molecule has 0 amide bonds. The van der Waals surface area contributed by atoms with Gasteiger partial charge in [0.1, 0.15) is 0 Å². The van der Waals surface area contributed by atoms with Crippen molar-refractivity contribution in [2.75, 3.05) is 6.61 Å². The third-order valence-electron chi connectivity index (χ3n) is 2.96. The maximum absolute atomic E-state index is 5.74. The van der Waals surface area contributed by atoms with E-state index in [9.17, 15) is 0 Å². The van der Waals surface area contributed by atoms with Crippen LogP contribution in [0.3, 0.4) is 0 Å². The highest BCUT2D eigenvalue weighted by atomic mass is 16.5. The van der Waals surface area contributed by atoms with Gasteiger partial charge in [0.2, 0.25) is 0 Å². The average molecular weight is 184 g/mol. The highest BCUT2D eigenvalue weighted by Gasteiger charge is 2.37. The lowest BCUT2D eigenvalue weighted by atomic mass is 9.84. The second-order valence-corrected chi connectivity index (χ2v) is 5.97. The summed E-state index contributed by atoms with van der Waals surface area (Å²) in [5.41, 5.74) is 0.533. The predicted octanol–water partition coefficient (Wildman–Crippen LogP) is 3.63. The highest BCUT2D eigenvalue weighted by Crippen LogP contribution is 2.47. The van der Waals surface area contributed by atoms with Gasteiger partial charge >= 0.3 is 0 Å². The summed E-state index contributed by atoms with van der Waals surface area (Å²) in [6.07, 6.45) is 4.07. The highest BCUT2D eigenvalue weighted by molar-refractivity contribution is 4.87. The molecule has 0 bridgehead atoms. The van der Waals surface area contributed by atoms with Crippen LogP contribution in [0, 0.1) is 11.3 Å². The molecule has 1 aliphatic carbocycles. The maximum atomic E-state index is 5.74. The number of rotatable bonds is 4. The third kappa shape index (κ3) is 4.12. The lowest BCUT2D eigenvalue weighted by molar-refractivity contribution is -0.0175. The summed E-state index contributed by atoms with van der Waals surface area (Å²) < 4.78 is 5.74. The van der Waals surface area contributed by atoms with Crippen molar-refractivity contribution in [1.29, 1.82) is 0 Å². The van der Waals surface area contributed by atoms with Crippen LogP contribution >= 0.6 is 0 Å². The van der Waals surface area contributed by atoms with Crippen LogP contribution in [0.15, 0.2) is 0 Å². The molecular formula is C12H24O. The zero-order valence-electron chi connectivity index (χ0n) is 9.81. The van der Waals surface area contributed by atoms with Gasteiger partial charge in [-0.1, -0.05) is 13.8 Å². The molecule has 0 spiro atoms. The number of hydrogen-bond donors (Lipinski definition) is 0. The fourth-order valence-corrected chi connectivity index (χ4v) is 1.69. The topological polar surface area (TPSA) is 9.23 Å². The predicted molar refractivity (Wildman–Crippen MR) is 56.8 cm³/mol. The molecule has 0 aromatic heterocycles. The third-order valence-corrected chi connectivity index (χ3v) is 2.96. The Morgan fingerprint density at radius 1 is 1.08 bits per heavy atom. The molecule has 1 heteroatoms. The normalized spacial score (nSPS) is 19.2. The van der Waals surface area contributed by atoms with E-state index in [0.29, 0.717) is 5.41 Å². The Labute approximate surface area is 82.9 Å². The van der Waals surface area contributed by atoms with Crippen molar-refractivity contribution in [3.63, 3.8) is 0 Å². The Hall–Kier alpha value is -0.0400. The van der Waals surface area contributed by atoms with Crippen LogP contribution in [0.25, 0.3) is 0 Å². The molecule has 0 radical (unpaired) electrons. The molecule has 0 aromatic rings. The van der Waals surface area contributed by atoms with Crippen molar-refractivity contribution in [3.05, 3.63) is 0 Å². The van der Waals surface area contributed by atoms with E-state index in [4.69, 9.17) is 4.74 Å². The van der Waals surface area contributed by atoms with Crippen LogP contribution in [0.4, 0.5) is 0 Å². The molecule has 0 aromatic carbocycles. The minimum absolute atomic E-state index is 0.0274. The van der Waals surface area contributed by atoms with Crippen LogP contribution < -0.4 is 0 Å². The van der Waals surface area contributed by atoms with Crippen LogP contribution in [0.1, 0.15) is 53.9 Å². The Balaban J connectivity index is 2.18. The molecule has 0 unspecified atom stereocenters. The van der Waals surface area contributed by atoms with E-state index < -0.39 is 0 Å². The second-order valence-electron chi connectivity index (χ2n) is 5.97. The molecule has 1 fully saturated rings. The molecule has 78 valence electrons. The largest absolute Gasteiger partial charge is 0.376 e. The van der Waals surface area contributed by atoms with Crippen molar-refractivity contribution in [3.8, 4) is 0 Å². The molecule has 1 rings (SSSR count). The Morgan fingerprint density at radius 2 is 1.62 bits per heavy atom. The summed E-state index contributed by atoms with van der Waals surface area (Å²) in [7, 11) is 0. The van der Waals surface area contributed by atoms with Gasteiger partial charge in [0.05, 0.1) is 5.60 Å². The number of hydrogen-bond acceptors (Lipinski definition) is 1. The Morgan fingerprint density at radius 3 is 2.00 bits per heavy atom. The van der Waals surface area contributed by atoms with E-state index in [-0.39, 0.29) is 5.60 Å². The number of ether oxygens (including phenoxy) is 1. The zero-order chi connectivity index (χ0) is 10.1. The van der Waals surface area contributed by atoms with Crippen LogP contribution in [0.2, 0.25) is 0 Å². The summed E-state index contributed by atoms with van der Waals surface area (Å²) in [4.78, 5) is 0. The SMILES string of the molecule is CC(C)(C)OCCC(C)(C)C1CC1. The van der Waals surface area contributed by atoms with Gasteiger partial charge in [-0.2, -0.15) is 0 Å². The fourth-order valence-electron chi connectivity index (χ4n) is 1.69. The molecule has 1 nitrogen and oxygen atoms in total. The Bertz CT molecular complexity index is 160. The van der Waals surface area contributed by atoms with E-state index in [2.05, 4.69) is 34.6 Å². The summed E-state index contributed by atoms with van der Waals surface area (Å²) >= 11 is 0. The van der Waals surface area contributed by atoms with E-state index in [1.807, 2.05) is 0 Å². The second kappa shape index (κ2) is 3.61. The first-order chi connectivity index (χ1) is 5.81. The van der Waals surface area contributed by atoms with Gasteiger partial charge in [-0.15, -0.1) is 0 Å². The minimum Gasteiger partial charge on any atom is -0.376 e. The first-order valence-corrected chi connectivity index (χ1v) is 5.45. The van der Waals surface area contributed by atoms with Crippen molar-refractivity contribution in [2.24, 2.45) is 11.3 Å². The maximum Gasteiger partial charge on any atom is 0.0598 e. The van der Waals surface area contributed by atoms with Crippen molar-refractivity contribution in [2.45, 2.75) is 59.5 Å². The minimum atomic E-state index is 0.0274. The molecule has 0 heterocycles. The van der Waals surface area contributed by atoms with E-state index in [0.717, 1.165) is 12.5 Å². The first-order valence-electron chi connectivity index (χ1n) is 5.45. The molecule has 0 aliphatic heterocycles. The zero-order valence-corrected chi connectivity index (χ0v) is 9.81. The molecule has 1 aliphatic rings. The van der Waals surface area contributed by atoms with Gasteiger partial charge in [0.25, 0.3) is 0 Å². The first kappa shape index (κ1) is 11.0. The van der Waals surface area contributed by atoms with Gasteiger partial charge in [0, 0.05) is 6.61 Å². The molecular weight excluding hydrogens is 160 g/mol. The van der Waals surface area contributed by atoms with Crippen LogP contribution in [-0.2, 0) is 4.74 Å². The van der Waals surface area contributed by atoms with Gasteiger partial charge in [-0.05, 0) is 51.4 Å². The molecule has 0 saturated heterocycles. The monoisotopic (exact) mass is 184 g/mol.